The minimum absolute atomic E-state index is 0.783. The number of aryl methyl sites for hydroxylation is 1. The molecule has 3 N–H and O–H groups in total. The van der Waals surface area contributed by atoms with Crippen LogP contribution < -0.4 is 5.73 Å². The highest BCUT2D eigenvalue weighted by Gasteiger charge is 2.11. The van der Waals surface area contributed by atoms with Gasteiger partial charge in [0.1, 0.15) is 5.01 Å². The topological polar surface area (TPSA) is 54.7 Å². The second-order valence-electron chi connectivity index (χ2n) is 4.14. The molecule has 1 aromatic carbocycles. The Labute approximate surface area is 109 Å². The van der Waals surface area contributed by atoms with Crippen LogP contribution in [0.2, 0.25) is 0 Å². The number of hydrogen-bond acceptors (Lipinski definition) is 3. The molecular formula is C14H13N3S. The number of rotatable bonds is 2. The predicted molar refractivity (Wildman–Crippen MR) is 76.5 cm³/mol. The first-order valence-electron chi connectivity index (χ1n) is 5.71. The van der Waals surface area contributed by atoms with Gasteiger partial charge in [0.15, 0.2) is 0 Å². The van der Waals surface area contributed by atoms with Crippen molar-refractivity contribution >= 4 is 17.0 Å². The van der Waals surface area contributed by atoms with Crippen molar-refractivity contribution in [2.45, 2.75) is 6.92 Å². The molecule has 3 rings (SSSR count). The van der Waals surface area contributed by atoms with Crippen LogP contribution in [0.25, 0.3) is 21.1 Å². The summed E-state index contributed by atoms with van der Waals surface area (Å²) in [6.07, 6.45) is 1.91. The number of aromatic amines is 1. The molecule has 0 bridgehead atoms. The lowest BCUT2D eigenvalue weighted by atomic mass is 10.1. The number of benzene rings is 1. The van der Waals surface area contributed by atoms with Gasteiger partial charge < -0.3 is 10.7 Å². The van der Waals surface area contributed by atoms with Gasteiger partial charge in [-0.2, -0.15) is 0 Å². The van der Waals surface area contributed by atoms with Crippen molar-refractivity contribution in [3.63, 3.8) is 0 Å². The largest absolute Gasteiger partial charge is 0.399 e. The molecule has 0 radical (unpaired) electrons. The maximum absolute atomic E-state index is 5.71. The number of hydrogen-bond donors (Lipinski definition) is 2. The Morgan fingerprint density at radius 1 is 1.17 bits per heavy atom. The summed E-state index contributed by atoms with van der Waals surface area (Å²) in [5.74, 6) is 0. The number of nitrogens with two attached hydrogens (primary N) is 1. The lowest BCUT2D eigenvalue weighted by Gasteiger charge is -1.98. The number of aromatic nitrogens is 2. The summed E-state index contributed by atoms with van der Waals surface area (Å²) in [5, 5.41) is 1.02. The zero-order valence-electron chi connectivity index (χ0n) is 9.97. The van der Waals surface area contributed by atoms with Gasteiger partial charge in [0.05, 0.1) is 16.3 Å². The Balaban J connectivity index is 2.06. The molecule has 0 aliphatic heterocycles. The highest BCUT2D eigenvalue weighted by Crippen LogP contribution is 2.34. The van der Waals surface area contributed by atoms with Crippen molar-refractivity contribution in [1.82, 2.24) is 9.97 Å². The number of thiazole rings is 1. The van der Waals surface area contributed by atoms with E-state index >= 15 is 0 Å². The summed E-state index contributed by atoms with van der Waals surface area (Å²) in [7, 11) is 0. The van der Waals surface area contributed by atoms with E-state index in [4.69, 9.17) is 5.73 Å². The molecule has 0 unspecified atom stereocenters. The fourth-order valence-electron chi connectivity index (χ4n) is 1.88. The molecule has 3 aromatic rings. The lowest BCUT2D eigenvalue weighted by molar-refractivity contribution is 1.25. The summed E-state index contributed by atoms with van der Waals surface area (Å²) >= 11 is 1.69. The smallest absolute Gasteiger partial charge is 0.140 e. The van der Waals surface area contributed by atoms with E-state index in [0.29, 0.717) is 0 Å². The molecule has 2 heterocycles. The maximum Gasteiger partial charge on any atom is 0.140 e. The van der Waals surface area contributed by atoms with Crippen LogP contribution in [-0.4, -0.2) is 9.97 Å². The summed E-state index contributed by atoms with van der Waals surface area (Å²) < 4.78 is 0. The van der Waals surface area contributed by atoms with Gasteiger partial charge >= 0.3 is 0 Å². The van der Waals surface area contributed by atoms with Gasteiger partial charge in [0, 0.05) is 11.9 Å². The van der Waals surface area contributed by atoms with Gasteiger partial charge in [0.25, 0.3) is 0 Å². The Hall–Kier alpha value is -2.07. The van der Waals surface area contributed by atoms with Crippen molar-refractivity contribution in [3.8, 4) is 21.1 Å². The van der Waals surface area contributed by atoms with Crippen LogP contribution >= 0.6 is 11.3 Å². The van der Waals surface area contributed by atoms with Crippen LogP contribution in [-0.2, 0) is 0 Å². The van der Waals surface area contributed by atoms with Crippen molar-refractivity contribution in [3.05, 3.63) is 48.3 Å². The van der Waals surface area contributed by atoms with E-state index in [-0.39, 0.29) is 0 Å². The second-order valence-corrected chi connectivity index (χ2v) is 5.14. The molecule has 0 spiro atoms. The molecule has 90 valence electrons. The Bertz CT molecular complexity index is 651. The second kappa shape index (κ2) is 4.31. The van der Waals surface area contributed by atoms with Crippen LogP contribution in [0.4, 0.5) is 5.69 Å². The first-order chi connectivity index (χ1) is 8.74. The van der Waals surface area contributed by atoms with Gasteiger partial charge in [-0.3, -0.25) is 0 Å². The molecular weight excluding hydrogens is 242 g/mol. The monoisotopic (exact) mass is 255 g/mol. The number of nitrogens with one attached hydrogen (secondary N) is 1. The van der Waals surface area contributed by atoms with Gasteiger partial charge in [0.2, 0.25) is 0 Å². The number of nitrogen functional groups attached to an aromatic ring is 1. The van der Waals surface area contributed by atoms with E-state index in [1.165, 1.54) is 4.88 Å². The predicted octanol–water partition coefficient (Wildman–Crippen LogP) is 3.70. The van der Waals surface area contributed by atoms with Crippen LogP contribution in [0.1, 0.15) is 5.69 Å². The summed E-state index contributed by atoms with van der Waals surface area (Å²) in [6, 6.07) is 11.9. The van der Waals surface area contributed by atoms with Crippen molar-refractivity contribution < 1.29 is 0 Å². The summed E-state index contributed by atoms with van der Waals surface area (Å²) in [5.41, 5.74) is 9.77. The molecule has 0 atom stereocenters. The molecule has 0 aliphatic rings. The molecule has 0 fully saturated rings. The van der Waals surface area contributed by atoms with Crippen LogP contribution in [0.3, 0.4) is 0 Å². The average molecular weight is 255 g/mol. The minimum Gasteiger partial charge on any atom is -0.399 e. The summed E-state index contributed by atoms with van der Waals surface area (Å²) in [4.78, 5) is 8.98. The SMILES string of the molecule is Cc1nc(-c2ccc[nH]2)sc1-c1ccc(N)cc1. The third-order valence-electron chi connectivity index (χ3n) is 2.80. The fraction of sp³-hybridized carbons (Fsp3) is 0.0714. The third kappa shape index (κ3) is 1.91. The van der Waals surface area contributed by atoms with E-state index in [1.807, 2.05) is 49.5 Å². The maximum atomic E-state index is 5.71. The normalized spacial score (nSPS) is 10.7. The van der Waals surface area contributed by atoms with Gasteiger partial charge in [-0.15, -0.1) is 11.3 Å². The molecule has 4 heteroatoms. The molecule has 0 amide bonds. The van der Waals surface area contributed by atoms with Crippen LogP contribution in [0.5, 0.6) is 0 Å². The highest BCUT2D eigenvalue weighted by molar-refractivity contribution is 7.18. The zero-order valence-corrected chi connectivity index (χ0v) is 10.8. The lowest BCUT2D eigenvalue weighted by Crippen LogP contribution is -1.83. The molecule has 0 aliphatic carbocycles. The van der Waals surface area contributed by atoms with Gasteiger partial charge in [-0.05, 0) is 36.8 Å². The molecule has 3 nitrogen and oxygen atoms in total. The van der Waals surface area contributed by atoms with E-state index in [9.17, 15) is 0 Å². The Kier molecular flexibility index (Phi) is 2.64. The quantitative estimate of drug-likeness (QED) is 0.686. The van der Waals surface area contributed by atoms with Crippen LogP contribution in [0, 0.1) is 6.92 Å². The molecule has 0 saturated carbocycles. The van der Waals surface area contributed by atoms with Gasteiger partial charge in [-0.1, -0.05) is 12.1 Å². The fourth-order valence-corrected chi connectivity index (χ4v) is 2.94. The standard InChI is InChI=1S/C14H13N3S/c1-9-13(10-4-6-11(15)7-5-10)18-14(17-9)12-3-2-8-16-12/h2-8,16H,15H2,1H3. The number of anilines is 1. The van der Waals surface area contributed by atoms with Crippen molar-refractivity contribution in [1.29, 1.82) is 0 Å². The van der Waals surface area contributed by atoms with E-state index < -0.39 is 0 Å². The average Bonchev–Trinajstić information content (AvgIpc) is 2.99. The first kappa shape index (κ1) is 11.0. The zero-order chi connectivity index (χ0) is 12.5. The third-order valence-corrected chi connectivity index (χ3v) is 4.04. The van der Waals surface area contributed by atoms with Crippen molar-refractivity contribution in [2.75, 3.05) is 5.73 Å². The van der Waals surface area contributed by atoms with E-state index in [2.05, 4.69) is 9.97 Å². The highest BCUT2D eigenvalue weighted by atomic mass is 32.1. The first-order valence-corrected chi connectivity index (χ1v) is 6.53. The number of nitrogens with zero attached hydrogens (tertiary/aromatic N) is 1. The van der Waals surface area contributed by atoms with E-state index in [1.54, 1.807) is 11.3 Å². The minimum atomic E-state index is 0.783. The van der Waals surface area contributed by atoms with Crippen molar-refractivity contribution in [2.24, 2.45) is 0 Å². The summed E-state index contributed by atoms with van der Waals surface area (Å²) in [6.45, 7) is 2.04. The molecule has 2 aromatic heterocycles. The number of H-pyrrole nitrogens is 1. The molecule has 0 saturated heterocycles. The van der Waals surface area contributed by atoms with E-state index in [0.717, 1.165) is 27.6 Å². The molecule has 18 heavy (non-hydrogen) atoms. The Morgan fingerprint density at radius 3 is 2.61 bits per heavy atom. The Morgan fingerprint density at radius 2 is 1.94 bits per heavy atom. The van der Waals surface area contributed by atoms with Crippen LogP contribution in [0.15, 0.2) is 42.6 Å². The van der Waals surface area contributed by atoms with Gasteiger partial charge in [-0.25, -0.2) is 4.98 Å².